The second-order valence-corrected chi connectivity index (χ2v) is 11.2. The van der Waals surface area contributed by atoms with Crippen molar-refractivity contribution in [3.05, 3.63) is 76.2 Å². The SMILES string of the molecule is COc1ncc(-c2ccc3ncn(C[C@@H](C)C(=O)NCC(F)(F)F)c(=O)c3c2)cc1NS(=O)(=O)c1ccc(F)cc1Cl. The van der Waals surface area contributed by atoms with E-state index in [2.05, 4.69) is 14.7 Å². The number of fused-ring (bicyclic) bond motifs is 1. The molecule has 0 aliphatic rings. The summed E-state index contributed by atoms with van der Waals surface area (Å²) in [6.45, 7) is -0.337. The van der Waals surface area contributed by atoms with Crippen LogP contribution in [0.1, 0.15) is 6.92 Å². The minimum Gasteiger partial charge on any atom is -0.480 e. The molecule has 2 N–H and O–H groups in total. The Balaban J connectivity index is 1.65. The van der Waals surface area contributed by atoms with Gasteiger partial charge in [0.1, 0.15) is 22.9 Å². The van der Waals surface area contributed by atoms with Gasteiger partial charge in [0, 0.05) is 18.3 Å². The van der Waals surface area contributed by atoms with Crippen molar-refractivity contribution < 1.29 is 35.5 Å². The maximum Gasteiger partial charge on any atom is 0.405 e. The van der Waals surface area contributed by atoms with Gasteiger partial charge in [0.15, 0.2) is 0 Å². The maximum atomic E-state index is 13.4. The highest BCUT2D eigenvalue weighted by molar-refractivity contribution is 7.92. The van der Waals surface area contributed by atoms with Crippen LogP contribution < -0.4 is 20.3 Å². The fourth-order valence-electron chi connectivity index (χ4n) is 3.95. The van der Waals surface area contributed by atoms with Crippen LogP contribution in [0.25, 0.3) is 22.0 Å². The first-order chi connectivity index (χ1) is 19.7. The standard InChI is InChI=1S/C26H22ClF4N5O5S/c1-14(23(37)33-12-26(29,30)31)11-36-13-34-20-5-3-15(7-18(20)25(36)38)16-8-21(24(41-2)32-10-16)35-42(39,40)22-6-4-17(28)9-19(22)27/h3-10,13-14,35H,11-12H2,1-2H3,(H,33,37)/t14-/m1/s1. The zero-order valence-electron chi connectivity index (χ0n) is 21.9. The van der Waals surface area contributed by atoms with Crippen molar-refractivity contribution in [2.45, 2.75) is 24.5 Å². The number of methoxy groups -OCH3 is 1. The number of hydrogen-bond donors (Lipinski definition) is 2. The summed E-state index contributed by atoms with van der Waals surface area (Å²) >= 11 is 5.94. The van der Waals surface area contributed by atoms with Gasteiger partial charge in [-0.05, 0) is 42.0 Å². The average Bonchev–Trinajstić information content (AvgIpc) is 2.92. The van der Waals surface area contributed by atoms with E-state index in [0.717, 1.165) is 22.8 Å². The number of alkyl halides is 3. The predicted octanol–water partition coefficient (Wildman–Crippen LogP) is 4.38. The Kier molecular flexibility index (Phi) is 8.73. The average molecular weight is 628 g/mol. The molecule has 2 heterocycles. The number of hydrogen-bond acceptors (Lipinski definition) is 7. The molecule has 42 heavy (non-hydrogen) atoms. The highest BCUT2D eigenvalue weighted by atomic mass is 35.5. The third kappa shape index (κ3) is 6.97. The molecule has 4 rings (SSSR count). The number of benzene rings is 2. The van der Waals surface area contributed by atoms with Crippen LogP contribution in [-0.2, 0) is 21.4 Å². The van der Waals surface area contributed by atoms with Crippen molar-refractivity contribution in [1.29, 1.82) is 0 Å². The molecule has 0 bridgehead atoms. The summed E-state index contributed by atoms with van der Waals surface area (Å²) in [6, 6.07) is 8.85. The van der Waals surface area contributed by atoms with Gasteiger partial charge in [-0.15, -0.1) is 0 Å². The number of ether oxygens (including phenoxy) is 1. The fraction of sp³-hybridized carbons (Fsp3) is 0.231. The molecule has 2 aromatic heterocycles. The Morgan fingerprint density at radius 1 is 1.12 bits per heavy atom. The van der Waals surface area contributed by atoms with Gasteiger partial charge in [-0.3, -0.25) is 18.9 Å². The number of nitrogens with zero attached hydrogens (tertiary/aromatic N) is 3. The summed E-state index contributed by atoms with van der Waals surface area (Å²) in [7, 11) is -3.02. The van der Waals surface area contributed by atoms with Gasteiger partial charge in [-0.2, -0.15) is 13.2 Å². The normalized spacial score (nSPS) is 12.6. The first-order valence-corrected chi connectivity index (χ1v) is 13.9. The van der Waals surface area contributed by atoms with Crippen LogP contribution in [0.15, 0.2) is 64.7 Å². The zero-order valence-corrected chi connectivity index (χ0v) is 23.4. The number of pyridine rings is 1. The van der Waals surface area contributed by atoms with Gasteiger partial charge >= 0.3 is 6.18 Å². The second kappa shape index (κ2) is 11.9. The molecule has 10 nitrogen and oxygen atoms in total. The molecule has 2 aromatic carbocycles. The van der Waals surface area contributed by atoms with E-state index in [1.165, 1.54) is 38.7 Å². The number of nitrogens with one attached hydrogen (secondary N) is 2. The van der Waals surface area contributed by atoms with Crippen LogP contribution in [0.4, 0.5) is 23.2 Å². The van der Waals surface area contributed by atoms with Crippen LogP contribution in [0.5, 0.6) is 5.88 Å². The van der Waals surface area contributed by atoms with E-state index in [9.17, 15) is 35.6 Å². The van der Waals surface area contributed by atoms with Crippen molar-refractivity contribution >= 4 is 44.1 Å². The summed E-state index contributed by atoms with van der Waals surface area (Å²) in [5.74, 6) is -2.65. The maximum absolute atomic E-state index is 13.4. The Labute approximate surface area is 241 Å². The number of carbonyl (C=O) groups is 1. The van der Waals surface area contributed by atoms with Crippen molar-refractivity contribution in [2.75, 3.05) is 18.4 Å². The first-order valence-electron chi connectivity index (χ1n) is 12.0. The van der Waals surface area contributed by atoms with Crippen LogP contribution in [0.2, 0.25) is 5.02 Å². The lowest BCUT2D eigenvalue weighted by molar-refractivity contribution is -0.140. The molecule has 0 radical (unpaired) electrons. The molecule has 16 heteroatoms. The van der Waals surface area contributed by atoms with Crippen molar-refractivity contribution in [3.8, 4) is 17.0 Å². The van der Waals surface area contributed by atoms with E-state index >= 15 is 0 Å². The summed E-state index contributed by atoms with van der Waals surface area (Å²) in [4.78, 5) is 33.2. The first kappa shape index (κ1) is 30.7. The molecular weight excluding hydrogens is 606 g/mol. The number of amides is 1. The highest BCUT2D eigenvalue weighted by Gasteiger charge is 2.29. The number of anilines is 1. The topological polar surface area (TPSA) is 132 Å². The molecule has 1 amide bonds. The van der Waals surface area contributed by atoms with Gasteiger partial charge in [0.25, 0.3) is 15.6 Å². The molecule has 0 fully saturated rings. The Bertz CT molecular complexity index is 1830. The minimum atomic E-state index is -4.57. The van der Waals surface area contributed by atoms with Crippen LogP contribution in [0.3, 0.4) is 0 Å². The zero-order chi connectivity index (χ0) is 30.8. The monoisotopic (exact) mass is 627 g/mol. The lowest BCUT2D eigenvalue weighted by Crippen LogP contribution is -2.39. The number of halogens is 5. The van der Waals surface area contributed by atoms with Gasteiger partial charge in [0.05, 0.1) is 35.3 Å². The van der Waals surface area contributed by atoms with Gasteiger partial charge < -0.3 is 10.1 Å². The third-order valence-electron chi connectivity index (χ3n) is 6.01. The predicted molar refractivity (Wildman–Crippen MR) is 146 cm³/mol. The summed E-state index contributed by atoms with van der Waals surface area (Å²) in [6.07, 6.45) is -2.00. The Hall–Kier alpha value is -4.24. The lowest BCUT2D eigenvalue weighted by atomic mass is 10.0. The summed E-state index contributed by atoms with van der Waals surface area (Å²) in [5, 5.41) is 1.58. The molecule has 4 aromatic rings. The quantitative estimate of drug-likeness (QED) is 0.263. The fourth-order valence-corrected chi connectivity index (χ4v) is 5.53. The Morgan fingerprint density at radius 2 is 1.86 bits per heavy atom. The lowest BCUT2D eigenvalue weighted by Gasteiger charge is -2.15. The largest absolute Gasteiger partial charge is 0.480 e. The van der Waals surface area contributed by atoms with E-state index in [1.54, 1.807) is 17.4 Å². The van der Waals surface area contributed by atoms with Crippen LogP contribution >= 0.6 is 11.6 Å². The van der Waals surface area contributed by atoms with E-state index < -0.39 is 45.9 Å². The number of rotatable bonds is 9. The summed E-state index contributed by atoms with van der Waals surface area (Å²) in [5.41, 5.74) is 0.492. The van der Waals surface area contributed by atoms with Gasteiger partial charge in [-0.1, -0.05) is 24.6 Å². The number of aromatic nitrogens is 3. The molecule has 0 spiro atoms. The van der Waals surface area contributed by atoms with E-state index in [-0.39, 0.29) is 33.4 Å². The van der Waals surface area contributed by atoms with Crippen LogP contribution in [-0.4, -0.2) is 48.7 Å². The molecule has 0 aliphatic carbocycles. The molecule has 0 unspecified atom stereocenters. The Morgan fingerprint density at radius 3 is 2.52 bits per heavy atom. The molecule has 0 saturated heterocycles. The van der Waals surface area contributed by atoms with Crippen molar-refractivity contribution in [1.82, 2.24) is 19.9 Å². The number of sulfonamides is 1. The van der Waals surface area contributed by atoms with Crippen molar-refractivity contribution in [3.63, 3.8) is 0 Å². The number of carbonyl (C=O) groups excluding carboxylic acids is 1. The third-order valence-corrected chi connectivity index (χ3v) is 7.86. The minimum absolute atomic E-state index is 0.0715. The smallest absolute Gasteiger partial charge is 0.405 e. The molecule has 1 atom stereocenters. The van der Waals surface area contributed by atoms with E-state index in [0.29, 0.717) is 16.6 Å². The second-order valence-electron chi connectivity index (χ2n) is 9.13. The highest BCUT2D eigenvalue weighted by Crippen LogP contribution is 2.32. The van der Waals surface area contributed by atoms with Crippen LogP contribution in [0, 0.1) is 11.7 Å². The summed E-state index contributed by atoms with van der Waals surface area (Å²) < 4.78 is 85.3. The van der Waals surface area contributed by atoms with Gasteiger partial charge in [-0.25, -0.2) is 22.8 Å². The van der Waals surface area contributed by atoms with Crippen molar-refractivity contribution in [2.24, 2.45) is 5.92 Å². The van der Waals surface area contributed by atoms with E-state index in [4.69, 9.17) is 16.3 Å². The molecule has 0 aliphatic heterocycles. The molecular formula is C26H22ClF4N5O5S. The molecule has 0 saturated carbocycles. The molecule has 222 valence electrons. The van der Waals surface area contributed by atoms with E-state index in [1.807, 2.05) is 0 Å². The van der Waals surface area contributed by atoms with Gasteiger partial charge in [0.2, 0.25) is 11.8 Å².